The molecule has 0 saturated carbocycles. The van der Waals surface area contributed by atoms with Crippen LogP contribution in [0.3, 0.4) is 0 Å². The normalized spacial score (nSPS) is 10.6. The number of nitrogens with one attached hydrogen (secondary N) is 3. The molecular formula is C25H21N3O5S. The van der Waals surface area contributed by atoms with Crippen molar-refractivity contribution in [3.05, 3.63) is 87.8 Å². The number of fused-ring (bicyclic) bond motifs is 1. The first kappa shape index (κ1) is 22.9. The molecule has 0 unspecified atom stereocenters. The minimum absolute atomic E-state index is 0.00477. The zero-order valence-electron chi connectivity index (χ0n) is 18.4. The topological polar surface area (TPSA) is 121 Å². The van der Waals surface area contributed by atoms with Crippen molar-refractivity contribution in [1.82, 2.24) is 0 Å². The summed E-state index contributed by atoms with van der Waals surface area (Å²) in [6, 6.07) is 17.5. The number of amides is 2. The maximum absolute atomic E-state index is 13.1. The van der Waals surface area contributed by atoms with E-state index in [0.717, 1.165) is 11.3 Å². The van der Waals surface area contributed by atoms with Crippen LogP contribution in [-0.2, 0) is 4.74 Å². The molecule has 172 valence electrons. The summed E-state index contributed by atoms with van der Waals surface area (Å²) in [5.41, 5.74) is 1.24. The Bertz CT molecular complexity index is 1460. The molecule has 0 aliphatic heterocycles. The van der Waals surface area contributed by atoms with E-state index in [4.69, 9.17) is 14.6 Å². The summed E-state index contributed by atoms with van der Waals surface area (Å²) >= 11 is 0.963. The van der Waals surface area contributed by atoms with E-state index >= 15 is 0 Å². The number of hydrogen-bond acceptors (Lipinski definition) is 7. The van der Waals surface area contributed by atoms with Gasteiger partial charge in [-0.25, -0.2) is 4.79 Å². The summed E-state index contributed by atoms with van der Waals surface area (Å²) in [5, 5.41) is 14.4. The number of carbonyl (C=O) groups excluding carboxylic acids is 3. The van der Waals surface area contributed by atoms with Crippen LogP contribution in [0.25, 0.3) is 11.0 Å². The number of thiophene rings is 1. The van der Waals surface area contributed by atoms with Gasteiger partial charge in [0.05, 0.1) is 17.0 Å². The molecule has 0 fully saturated rings. The number of anilines is 2. The molecular weight excluding hydrogens is 454 g/mol. The van der Waals surface area contributed by atoms with Gasteiger partial charge in [0.2, 0.25) is 5.55 Å². The molecule has 8 nitrogen and oxygen atoms in total. The van der Waals surface area contributed by atoms with Gasteiger partial charge >= 0.3 is 5.97 Å². The van der Waals surface area contributed by atoms with E-state index in [2.05, 4.69) is 10.6 Å². The van der Waals surface area contributed by atoms with Crippen molar-refractivity contribution in [1.29, 1.82) is 5.41 Å². The monoisotopic (exact) mass is 475 g/mol. The van der Waals surface area contributed by atoms with Gasteiger partial charge in [-0.1, -0.05) is 36.4 Å². The first-order valence-electron chi connectivity index (χ1n) is 10.4. The number of hydrogen-bond donors (Lipinski definition) is 3. The molecule has 0 aliphatic carbocycles. The van der Waals surface area contributed by atoms with E-state index in [1.165, 1.54) is 0 Å². The van der Waals surface area contributed by atoms with Crippen LogP contribution in [0.2, 0.25) is 0 Å². The van der Waals surface area contributed by atoms with Crippen LogP contribution < -0.4 is 16.2 Å². The second-order valence-corrected chi connectivity index (χ2v) is 8.30. The molecule has 2 aromatic carbocycles. The average Bonchev–Trinajstić information content (AvgIpc) is 3.15. The standard InChI is InChI=1S/C25H21N3O5S/c1-3-32-25(31)19-14(2)20(23(30)27-16-10-5-4-6-11-16)34-24(19)28-22(29)17-13-15-9-7-8-12-18(15)33-21(17)26/h4-13,26H,3H2,1-2H3,(H,27,30)(H,28,29). The lowest BCUT2D eigenvalue weighted by Gasteiger charge is -2.07. The maximum Gasteiger partial charge on any atom is 0.341 e. The summed E-state index contributed by atoms with van der Waals surface area (Å²) < 4.78 is 10.6. The van der Waals surface area contributed by atoms with E-state index in [-0.39, 0.29) is 33.2 Å². The molecule has 0 aliphatic rings. The molecule has 2 aromatic heterocycles. The van der Waals surface area contributed by atoms with Crippen molar-refractivity contribution in [3.63, 3.8) is 0 Å². The molecule has 34 heavy (non-hydrogen) atoms. The van der Waals surface area contributed by atoms with Crippen molar-refractivity contribution >= 4 is 50.8 Å². The van der Waals surface area contributed by atoms with Crippen molar-refractivity contribution in [3.8, 4) is 0 Å². The van der Waals surface area contributed by atoms with Crippen LogP contribution in [0.1, 0.15) is 42.9 Å². The third-order valence-corrected chi connectivity index (χ3v) is 6.22. The molecule has 2 amide bonds. The number of para-hydroxylation sites is 2. The second-order valence-electron chi connectivity index (χ2n) is 7.28. The van der Waals surface area contributed by atoms with Crippen molar-refractivity contribution < 1.29 is 23.5 Å². The molecule has 2 heterocycles. The number of rotatable bonds is 6. The summed E-state index contributed by atoms with van der Waals surface area (Å²) in [6.07, 6.45) is 0. The molecule has 0 radical (unpaired) electrons. The molecule has 3 N–H and O–H groups in total. The van der Waals surface area contributed by atoms with Crippen LogP contribution in [-0.4, -0.2) is 24.4 Å². The Labute approximate surface area is 198 Å². The molecule has 0 spiro atoms. The van der Waals surface area contributed by atoms with Gasteiger partial charge in [0.25, 0.3) is 11.8 Å². The van der Waals surface area contributed by atoms with Crippen molar-refractivity contribution in [2.45, 2.75) is 13.8 Å². The van der Waals surface area contributed by atoms with Gasteiger partial charge in [-0.15, -0.1) is 11.3 Å². The highest BCUT2D eigenvalue weighted by molar-refractivity contribution is 7.19. The first-order valence-corrected chi connectivity index (χ1v) is 11.3. The van der Waals surface area contributed by atoms with Crippen molar-refractivity contribution in [2.75, 3.05) is 17.2 Å². The Morgan fingerprint density at radius 1 is 1.00 bits per heavy atom. The molecule has 0 saturated heterocycles. The minimum atomic E-state index is -0.653. The SMILES string of the molecule is CCOC(=O)c1c(NC(=O)c2cc3ccccc3oc2=N)sc(C(=O)Nc2ccccc2)c1C. The predicted octanol–water partition coefficient (Wildman–Crippen LogP) is 4.96. The van der Waals surface area contributed by atoms with Crippen LogP contribution in [0.15, 0.2) is 65.1 Å². The van der Waals surface area contributed by atoms with Crippen LogP contribution in [0, 0.1) is 12.3 Å². The third kappa shape index (κ3) is 4.60. The second kappa shape index (κ2) is 9.72. The quantitative estimate of drug-likeness (QED) is 0.340. The third-order valence-electron chi connectivity index (χ3n) is 5.01. The van der Waals surface area contributed by atoms with Crippen LogP contribution in [0.5, 0.6) is 0 Å². The number of benzene rings is 2. The Hall–Kier alpha value is -4.24. The molecule has 4 rings (SSSR count). The molecule has 4 aromatic rings. The highest BCUT2D eigenvalue weighted by Gasteiger charge is 2.27. The Morgan fingerprint density at radius 3 is 2.44 bits per heavy atom. The zero-order chi connectivity index (χ0) is 24.2. The van der Waals surface area contributed by atoms with Gasteiger partial charge in [0, 0.05) is 11.1 Å². The fraction of sp³-hybridized carbons (Fsp3) is 0.120. The fourth-order valence-corrected chi connectivity index (χ4v) is 4.48. The van der Waals surface area contributed by atoms with E-state index in [0.29, 0.717) is 22.2 Å². The first-order chi connectivity index (χ1) is 16.4. The van der Waals surface area contributed by atoms with E-state index < -0.39 is 17.8 Å². The van der Waals surface area contributed by atoms with Gasteiger partial charge in [0.15, 0.2) is 0 Å². The maximum atomic E-state index is 13.1. The Morgan fingerprint density at radius 2 is 1.71 bits per heavy atom. The van der Waals surface area contributed by atoms with Crippen LogP contribution in [0.4, 0.5) is 10.7 Å². The average molecular weight is 476 g/mol. The number of esters is 1. The number of carbonyl (C=O) groups is 3. The van der Waals surface area contributed by atoms with Gasteiger partial charge in [-0.3, -0.25) is 15.0 Å². The zero-order valence-corrected chi connectivity index (χ0v) is 19.2. The number of ether oxygens (including phenoxy) is 1. The summed E-state index contributed by atoms with van der Waals surface area (Å²) in [6.45, 7) is 3.43. The lowest BCUT2D eigenvalue weighted by Crippen LogP contribution is -2.21. The fourth-order valence-electron chi connectivity index (χ4n) is 3.39. The van der Waals surface area contributed by atoms with Gasteiger partial charge in [-0.05, 0) is 43.7 Å². The molecule has 0 atom stereocenters. The van der Waals surface area contributed by atoms with Gasteiger partial charge in [-0.2, -0.15) is 0 Å². The van der Waals surface area contributed by atoms with E-state index in [1.54, 1.807) is 68.4 Å². The lowest BCUT2D eigenvalue weighted by atomic mass is 10.1. The highest BCUT2D eigenvalue weighted by atomic mass is 32.1. The lowest BCUT2D eigenvalue weighted by molar-refractivity contribution is 0.0527. The van der Waals surface area contributed by atoms with E-state index in [1.807, 2.05) is 6.07 Å². The van der Waals surface area contributed by atoms with Crippen molar-refractivity contribution in [2.24, 2.45) is 0 Å². The summed E-state index contributed by atoms with van der Waals surface area (Å²) in [7, 11) is 0. The minimum Gasteiger partial charge on any atom is -0.462 e. The smallest absolute Gasteiger partial charge is 0.341 e. The molecule has 9 heteroatoms. The van der Waals surface area contributed by atoms with Crippen LogP contribution >= 0.6 is 11.3 Å². The largest absolute Gasteiger partial charge is 0.462 e. The Balaban J connectivity index is 1.70. The summed E-state index contributed by atoms with van der Waals surface area (Å²) in [4.78, 5) is 38.9. The van der Waals surface area contributed by atoms with Gasteiger partial charge < -0.3 is 19.8 Å². The summed E-state index contributed by atoms with van der Waals surface area (Å²) in [5.74, 6) is -1.71. The van der Waals surface area contributed by atoms with E-state index in [9.17, 15) is 14.4 Å². The highest BCUT2D eigenvalue weighted by Crippen LogP contribution is 2.34. The predicted molar refractivity (Wildman–Crippen MR) is 129 cm³/mol. The molecule has 0 bridgehead atoms. The van der Waals surface area contributed by atoms with Gasteiger partial charge in [0.1, 0.15) is 16.1 Å². The Kier molecular flexibility index (Phi) is 6.55.